The number of nitrogens with zero attached hydrogens (tertiary/aromatic N) is 2. The van der Waals surface area contributed by atoms with Crippen molar-refractivity contribution in [3.05, 3.63) is 48.3 Å². The highest BCUT2D eigenvalue weighted by Gasteiger charge is 2.24. The summed E-state index contributed by atoms with van der Waals surface area (Å²) in [6.45, 7) is 4.26. The zero-order chi connectivity index (χ0) is 22.9. The minimum Gasteiger partial charge on any atom is -0.497 e. The van der Waals surface area contributed by atoms with E-state index < -0.39 is 0 Å². The fourth-order valence-electron chi connectivity index (χ4n) is 3.49. The Bertz CT molecular complexity index is 920. The number of nitrogens with one attached hydrogen (secondary N) is 3. The average Bonchev–Trinajstić information content (AvgIpc) is 3.27. The van der Waals surface area contributed by atoms with Crippen molar-refractivity contribution < 1.29 is 18.7 Å². The van der Waals surface area contributed by atoms with Crippen LogP contribution in [0.15, 0.2) is 47.5 Å². The Balaban J connectivity index is 0.00000385. The van der Waals surface area contributed by atoms with Crippen LogP contribution in [0.1, 0.15) is 13.3 Å². The zero-order valence-corrected chi connectivity index (χ0v) is 21.4. The number of anilines is 2. The third-order valence-corrected chi connectivity index (χ3v) is 5.08. The van der Waals surface area contributed by atoms with Crippen LogP contribution in [0, 0.1) is 5.82 Å². The Morgan fingerprint density at radius 3 is 2.42 bits per heavy atom. The van der Waals surface area contributed by atoms with Crippen molar-refractivity contribution in [1.29, 1.82) is 0 Å². The van der Waals surface area contributed by atoms with Crippen LogP contribution in [0.2, 0.25) is 0 Å². The first-order valence-electron chi connectivity index (χ1n) is 10.6. The van der Waals surface area contributed by atoms with Gasteiger partial charge in [-0.2, -0.15) is 0 Å². The highest BCUT2D eigenvalue weighted by atomic mass is 127. The molecule has 1 amide bonds. The van der Waals surface area contributed by atoms with Crippen molar-refractivity contribution in [1.82, 2.24) is 10.6 Å². The second-order valence-corrected chi connectivity index (χ2v) is 7.40. The summed E-state index contributed by atoms with van der Waals surface area (Å²) in [5, 5.41) is 9.29. The van der Waals surface area contributed by atoms with Crippen LogP contribution < -0.4 is 30.3 Å². The molecule has 0 aromatic heterocycles. The van der Waals surface area contributed by atoms with Gasteiger partial charge in [0.05, 0.1) is 14.2 Å². The fraction of sp³-hybridized carbons (Fsp3) is 0.391. The van der Waals surface area contributed by atoms with Gasteiger partial charge >= 0.3 is 0 Å². The van der Waals surface area contributed by atoms with Gasteiger partial charge in [0.15, 0.2) is 5.96 Å². The highest BCUT2D eigenvalue weighted by molar-refractivity contribution is 14.0. The third-order valence-electron chi connectivity index (χ3n) is 5.08. The van der Waals surface area contributed by atoms with E-state index in [1.54, 1.807) is 14.2 Å². The maximum atomic E-state index is 13.0. The molecular formula is C23H31FIN5O3. The molecule has 0 saturated carbocycles. The molecule has 3 rings (SSSR count). The summed E-state index contributed by atoms with van der Waals surface area (Å²) in [5.41, 5.74) is 1.57. The van der Waals surface area contributed by atoms with E-state index in [1.165, 1.54) is 24.3 Å². The smallest absolute Gasteiger partial charge is 0.246 e. The summed E-state index contributed by atoms with van der Waals surface area (Å²) in [6, 6.07) is 11.6. The molecule has 1 aliphatic heterocycles. The number of carbonyl (C=O) groups is 1. The van der Waals surface area contributed by atoms with Crippen LogP contribution in [0.25, 0.3) is 0 Å². The summed E-state index contributed by atoms with van der Waals surface area (Å²) in [6.07, 6.45) is 0.922. The molecule has 1 atom stereocenters. The Morgan fingerprint density at radius 1 is 1.15 bits per heavy atom. The van der Waals surface area contributed by atoms with Gasteiger partial charge in [0.2, 0.25) is 5.91 Å². The molecule has 8 nitrogen and oxygen atoms in total. The summed E-state index contributed by atoms with van der Waals surface area (Å²) in [5.74, 6) is 1.45. The maximum Gasteiger partial charge on any atom is 0.246 e. The van der Waals surface area contributed by atoms with E-state index in [9.17, 15) is 9.18 Å². The molecule has 1 saturated heterocycles. The monoisotopic (exact) mass is 571 g/mol. The van der Waals surface area contributed by atoms with Crippen LogP contribution in [0.5, 0.6) is 11.5 Å². The van der Waals surface area contributed by atoms with E-state index in [0.717, 1.165) is 36.7 Å². The van der Waals surface area contributed by atoms with E-state index in [0.29, 0.717) is 18.2 Å². The minimum atomic E-state index is -0.349. The van der Waals surface area contributed by atoms with Gasteiger partial charge in [-0.05, 0) is 37.6 Å². The average molecular weight is 571 g/mol. The van der Waals surface area contributed by atoms with Crippen molar-refractivity contribution in [2.45, 2.75) is 19.4 Å². The summed E-state index contributed by atoms with van der Waals surface area (Å²) in [4.78, 5) is 18.9. The lowest BCUT2D eigenvalue weighted by molar-refractivity contribution is -0.114. The van der Waals surface area contributed by atoms with Gasteiger partial charge < -0.3 is 30.3 Å². The molecule has 1 aliphatic rings. The Morgan fingerprint density at radius 2 is 1.82 bits per heavy atom. The molecule has 2 aromatic rings. The number of amides is 1. The van der Waals surface area contributed by atoms with Crippen molar-refractivity contribution in [2.24, 2.45) is 4.99 Å². The number of rotatable bonds is 8. The summed E-state index contributed by atoms with van der Waals surface area (Å²) >= 11 is 0. The Labute approximate surface area is 210 Å². The SMILES string of the molecule is CCNC(=NCC(=O)Nc1ccc(F)cc1)NC1CCN(c2cc(OC)cc(OC)c2)C1.I. The lowest BCUT2D eigenvalue weighted by Gasteiger charge is -2.21. The van der Waals surface area contributed by atoms with Gasteiger partial charge in [-0.3, -0.25) is 4.79 Å². The lowest BCUT2D eigenvalue weighted by Crippen LogP contribution is -2.45. The van der Waals surface area contributed by atoms with Crippen LogP contribution in [-0.2, 0) is 4.79 Å². The highest BCUT2D eigenvalue weighted by Crippen LogP contribution is 2.30. The molecule has 0 bridgehead atoms. The first-order valence-corrected chi connectivity index (χ1v) is 10.6. The van der Waals surface area contributed by atoms with Crippen LogP contribution in [-0.4, -0.2) is 58.3 Å². The topological polar surface area (TPSA) is 87.2 Å². The summed E-state index contributed by atoms with van der Waals surface area (Å²) < 4.78 is 23.8. The van der Waals surface area contributed by atoms with E-state index in [1.807, 2.05) is 25.1 Å². The number of aliphatic imine (C=N–C) groups is 1. The molecule has 180 valence electrons. The van der Waals surface area contributed by atoms with Crippen LogP contribution >= 0.6 is 24.0 Å². The zero-order valence-electron chi connectivity index (χ0n) is 19.1. The van der Waals surface area contributed by atoms with Gasteiger partial charge in [0.25, 0.3) is 0 Å². The molecule has 1 fully saturated rings. The van der Waals surface area contributed by atoms with Crippen molar-refractivity contribution >= 4 is 47.2 Å². The molecule has 0 aliphatic carbocycles. The van der Waals surface area contributed by atoms with Gasteiger partial charge in [-0.15, -0.1) is 24.0 Å². The first-order chi connectivity index (χ1) is 15.5. The number of carbonyl (C=O) groups excluding carboxylic acids is 1. The van der Waals surface area contributed by atoms with Crippen molar-refractivity contribution in [3.63, 3.8) is 0 Å². The molecular weight excluding hydrogens is 540 g/mol. The van der Waals surface area contributed by atoms with E-state index in [4.69, 9.17) is 9.47 Å². The van der Waals surface area contributed by atoms with Gasteiger partial charge in [-0.1, -0.05) is 0 Å². The normalized spacial score (nSPS) is 15.5. The fourth-order valence-corrected chi connectivity index (χ4v) is 3.49. The van der Waals surface area contributed by atoms with E-state index in [-0.39, 0.29) is 48.3 Å². The number of hydrogen-bond donors (Lipinski definition) is 3. The molecule has 0 radical (unpaired) electrons. The summed E-state index contributed by atoms with van der Waals surface area (Å²) in [7, 11) is 3.27. The van der Waals surface area contributed by atoms with Crippen LogP contribution in [0.3, 0.4) is 0 Å². The minimum absolute atomic E-state index is 0. The molecule has 33 heavy (non-hydrogen) atoms. The van der Waals surface area contributed by atoms with Gasteiger partial charge in [0, 0.05) is 55.2 Å². The second kappa shape index (κ2) is 13.1. The molecule has 0 spiro atoms. The number of benzene rings is 2. The van der Waals surface area contributed by atoms with Gasteiger partial charge in [0.1, 0.15) is 23.9 Å². The molecule has 1 unspecified atom stereocenters. The largest absolute Gasteiger partial charge is 0.497 e. The standard InChI is InChI=1S/C23H30FN5O3.HI/c1-4-25-23(26-14-22(30)27-17-7-5-16(24)6-8-17)28-18-9-10-29(15-18)19-11-20(31-2)13-21(12-19)32-3;/h5-8,11-13,18H,4,9-10,14-15H2,1-3H3,(H,27,30)(H2,25,26,28);1H. The first kappa shape index (κ1) is 26.5. The second-order valence-electron chi connectivity index (χ2n) is 7.40. The molecule has 2 aromatic carbocycles. The Hall–Kier alpha value is -2.76. The molecule has 1 heterocycles. The van der Waals surface area contributed by atoms with E-state index in [2.05, 4.69) is 25.8 Å². The van der Waals surface area contributed by atoms with Gasteiger partial charge in [-0.25, -0.2) is 9.38 Å². The number of methoxy groups -OCH3 is 2. The number of guanidine groups is 1. The predicted octanol–water partition coefficient (Wildman–Crippen LogP) is 3.23. The van der Waals surface area contributed by atoms with Crippen molar-refractivity contribution in [2.75, 3.05) is 50.6 Å². The maximum absolute atomic E-state index is 13.0. The third kappa shape index (κ3) is 7.95. The quantitative estimate of drug-likeness (QED) is 0.256. The molecule has 3 N–H and O–H groups in total. The Kier molecular flexibility index (Phi) is 10.5. The number of halogens is 2. The van der Waals surface area contributed by atoms with E-state index >= 15 is 0 Å². The predicted molar refractivity (Wildman–Crippen MR) is 140 cm³/mol. The number of hydrogen-bond acceptors (Lipinski definition) is 5. The van der Waals surface area contributed by atoms with Crippen molar-refractivity contribution in [3.8, 4) is 11.5 Å². The lowest BCUT2D eigenvalue weighted by atomic mass is 10.2. The number of ether oxygens (including phenoxy) is 2. The van der Waals surface area contributed by atoms with Crippen LogP contribution in [0.4, 0.5) is 15.8 Å². The molecule has 10 heteroatoms.